The van der Waals surface area contributed by atoms with Gasteiger partial charge in [0.15, 0.2) is 0 Å². The minimum absolute atomic E-state index is 0.133. The SMILES string of the molecule is COc1cc(C2CC2C#N)c(OC)cc1SC. The van der Waals surface area contributed by atoms with E-state index in [2.05, 4.69) is 6.07 Å². The largest absolute Gasteiger partial charge is 0.496 e. The number of thioether (sulfide) groups is 1. The maximum Gasteiger partial charge on any atom is 0.132 e. The lowest BCUT2D eigenvalue weighted by Gasteiger charge is -2.13. The third-order valence-electron chi connectivity index (χ3n) is 3.09. The molecule has 0 heterocycles. The minimum atomic E-state index is 0.133. The first kappa shape index (κ1) is 12.1. The van der Waals surface area contributed by atoms with Crippen LogP contribution in [-0.4, -0.2) is 20.5 Å². The molecule has 0 saturated heterocycles. The zero-order chi connectivity index (χ0) is 12.4. The van der Waals surface area contributed by atoms with Gasteiger partial charge in [-0.15, -0.1) is 11.8 Å². The van der Waals surface area contributed by atoms with Crippen LogP contribution in [0.15, 0.2) is 17.0 Å². The Kier molecular flexibility index (Phi) is 3.49. The van der Waals surface area contributed by atoms with Gasteiger partial charge in [-0.3, -0.25) is 0 Å². The van der Waals surface area contributed by atoms with E-state index in [-0.39, 0.29) is 5.92 Å². The number of methoxy groups -OCH3 is 2. The molecule has 1 saturated carbocycles. The summed E-state index contributed by atoms with van der Waals surface area (Å²) in [6.07, 6.45) is 2.93. The van der Waals surface area contributed by atoms with Crippen LogP contribution in [0.25, 0.3) is 0 Å². The lowest BCUT2D eigenvalue weighted by atomic mass is 10.1. The fraction of sp³-hybridized carbons (Fsp3) is 0.462. The van der Waals surface area contributed by atoms with Crippen LogP contribution >= 0.6 is 11.8 Å². The monoisotopic (exact) mass is 249 g/mol. The first-order valence-corrected chi connectivity index (χ1v) is 6.67. The first-order valence-electron chi connectivity index (χ1n) is 5.44. The van der Waals surface area contributed by atoms with Crippen molar-refractivity contribution in [2.45, 2.75) is 17.2 Å². The van der Waals surface area contributed by atoms with E-state index >= 15 is 0 Å². The van der Waals surface area contributed by atoms with Crippen molar-refractivity contribution in [3.8, 4) is 17.6 Å². The Bertz CT molecular complexity index is 467. The van der Waals surface area contributed by atoms with Crippen LogP contribution in [0.2, 0.25) is 0 Å². The summed E-state index contributed by atoms with van der Waals surface area (Å²) in [6, 6.07) is 6.30. The number of nitriles is 1. The fourth-order valence-corrected chi connectivity index (χ4v) is 2.59. The van der Waals surface area contributed by atoms with Crippen molar-refractivity contribution in [2.24, 2.45) is 5.92 Å². The average molecular weight is 249 g/mol. The highest BCUT2D eigenvalue weighted by atomic mass is 32.2. The smallest absolute Gasteiger partial charge is 0.132 e. The molecule has 1 aliphatic carbocycles. The second-order valence-corrected chi connectivity index (χ2v) is 4.88. The van der Waals surface area contributed by atoms with Gasteiger partial charge in [-0.2, -0.15) is 5.26 Å². The first-order chi connectivity index (χ1) is 8.24. The second kappa shape index (κ2) is 4.89. The summed E-state index contributed by atoms with van der Waals surface area (Å²) in [7, 11) is 3.33. The van der Waals surface area contributed by atoms with E-state index in [1.165, 1.54) is 0 Å². The van der Waals surface area contributed by atoms with Crippen LogP contribution in [0, 0.1) is 17.2 Å². The Labute approximate surface area is 106 Å². The summed E-state index contributed by atoms with van der Waals surface area (Å²) in [5.41, 5.74) is 1.09. The van der Waals surface area contributed by atoms with Gasteiger partial charge in [0.05, 0.1) is 31.1 Å². The molecule has 0 spiro atoms. The molecule has 1 aromatic carbocycles. The number of rotatable bonds is 4. The third-order valence-corrected chi connectivity index (χ3v) is 3.85. The van der Waals surface area contributed by atoms with Gasteiger partial charge in [-0.25, -0.2) is 0 Å². The van der Waals surface area contributed by atoms with Gasteiger partial charge in [-0.1, -0.05) is 0 Å². The van der Waals surface area contributed by atoms with E-state index in [4.69, 9.17) is 14.7 Å². The van der Waals surface area contributed by atoms with Crippen LogP contribution in [-0.2, 0) is 0 Å². The molecule has 2 unspecified atom stereocenters. The van der Waals surface area contributed by atoms with Gasteiger partial charge in [0.2, 0.25) is 0 Å². The third kappa shape index (κ3) is 2.20. The molecular weight excluding hydrogens is 234 g/mol. The van der Waals surface area contributed by atoms with Crippen molar-refractivity contribution in [2.75, 3.05) is 20.5 Å². The zero-order valence-corrected chi connectivity index (χ0v) is 11.0. The molecule has 1 aliphatic rings. The van der Waals surface area contributed by atoms with E-state index in [1.807, 2.05) is 18.4 Å². The average Bonchev–Trinajstić information content (AvgIpc) is 3.16. The van der Waals surface area contributed by atoms with Crippen LogP contribution in [0.3, 0.4) is 0 Å². The Hall–Kier alpha value is -1.34. The fourth-order valence-electron chi connectivity index (χ4n) is 2.02. The molecule has 0 aromatic heterocycles. The minimum Gasteiger partial charge on any atom is -0.496 e. The lowest BCUT2D eigenvalue weighted by Crippen LogP contribution is -1.95. The standard InChI is InChI=1S/C13H15NO2S/c1-15-11-6-13(17-3)12(16-2)5-10(11)9-4-8(9)7-14/h5-6,8-9H,4H2,1-3H3. The molecule has 2 atom stereocenters. The van der Waals surface area contributed by atoms with E-state index in [9.17, 15) is 0 Å². The molecule has 1 fully saturated rings. The van der Waals surface area contributed by atoms with E-state index in [0.29, 0.717) is 5.92 Å². The maximum atomic E-state index is 8.90. The quantitative estimate of drug-likeness (QED) is 0.769. The normalized spacial score (nSPS) is 21.8. The summed E-state index contributed by atoms with van der Waals surface area (Å²) in [5, 5.41) is 8.90. The Morgan fingerprint density at radius 1 is 1.29 bits per heavy atom. The van der Waals surface area contributed by atoms with Crippen molar-refractivity contribution >= 4 is 11.8 Å². The van der Waals surface area contributed by atoms with Crippen LogP contribution in [0.1, 0.15) is 17.9 Å². The lowest BCUT2D eigenvalue weighted by molar-refractivity contribution is 0.390. The van der Waals surface area contributed by atoms with Crippen LogP contribution in [0.5, 0.6) is 11.5 Å². The predicted molar refractivity (Wildman–Crippen MR) is 67.8 cm³/mol. The molecule has 0 N–H and O–H groups in total. The highest BCUT2D eigenvalue weighted by molar-refractivity contribution is 7.98. The molecule has 17 heavy (non-hydrogen) atoms. The molecule has 0 radical (unpaired) electrons. The summed E-state index contributed by atoms with van der Waals surface area (Å²) in [6.45, 7) is 0. The molecule has 0 aliphatic heterocycles. The molecule has 90 valence electrons. The Morgan fingerprint density at radius 2 is 2.00 bits per heavy atom. The molecule has 4 heteroatoms. The van der Waals surface area contributed by atoms with Crippen LogP contribution < -0.4 is 9.47 Å². The molecule has 0 bridgehead atoms. The van der Waals surface area contributed by atoms with Gasteiger partial charge >= 0.3 is 0 Å². The van der Waals surface area contributed by atoms with Crippen molar-refractivity contribution in [3.05, 3.63) is 17.7 Å². The maximum absolute atomic E-state index is 8.90. The number of nitrogens with zero attached hydrogens (tertiary/aromatic N) is 1. The molecule has 0 amide bonds. The predicted octanol–water partition coefficient (Wildman–Crippen LogP) is 3.05. The zero-order valence-electron chi connectivity index (χ0n) is 10.2. The van der Waals surface area contributed by atoms with Gasteiger partial charge in [0.25, 0.3) is 0 Å². The van der Waals surface area contributed by atoms with Crippen molar-refractivity contribution < 1.29 is 9.47 Å². The van der Waals surface area contributed by atoms with Gasteiger partial charge < -0.3 is 9.47 Å². The van der Waals surface area contributed by atoms with Crippen molar-refractivity contribution in [1.29, 1.82) is 5.26 Å². The van der Waals surface area contributed by atoms with Gasteiger partial charge in [0, 0.05) is 11.5 Å². The van der Waals surface area contributed by atoms with E-state index in [0.717, 1.165) is 28.4 Å². The summed E-state index contributed by atoms with van der Waals surface area (Å²) < 4.78 is 10.8. The number of hydrogen-bond acceptors (Lipinski definition) is 4. The van der Waals surface area contributed by atoms with E-state index in [1.54, 1.807) is 26.0 Å². The van der Waals surface area contributed by atoms with Gasteiger partial charge in [-0.05, 0) is 24.8 Å². The van der Waals surface area contributed by atoms with E-state index < -0.39 is 0 Å². The molecule has 2 rings (SSSR count). The number of ether oxygens (including phenoxy) is 2. The Morgan fingerprint density at radius 3 is 2.47 bits per heavy atom. The molecule has 3 nitrogen and oxygen atoms in total. The number of benzene rings is 1. The summed E-state index contributed by atoms with van der Waals surface area (Å²) in [5.74, 6) is 2.16. The summed E-state index contributed by atoms with van der Waals surface area (Å²) in [4.78, 5) is 1.06. The van der Waals surface area contributed by atoms with Crippen molar-refractivity contribution in [1.82, 2.24) is 0 Å². The van der Waals surface area contributed by atoms with Crippen LogP contribution in [0.4, 0.5) is 0 Å². The number of hydrogen-bond donors (Lipinski definition) is 0. The topological polar surface area (TPSA) is 42.2 Å². The highest BCUT2D eigenvalue weighted by Gasteiger charge is 2.40. The highest BCUT2D eigenvalue weighted by Crippen LogP contribution is 2.51. The molecular formula is C13H15NO2S. The summed E-state index contributed by atoms with van der Waals surface area (Å²) >= 11 is 1.63. The second-order valence-electron chi connectivity index (χ2n) is 4.03. The van der Waals surface area contributed by atoms with Gasteiger partial charge in [0.1, 0.15) is 11.5 Å². The molecule has 1 aromatic rings. The Balaban J connectivity index is 2.41. The van der Waals surface area contributed by atoms with Crippen molar-refractivity contribution in [3.63, 3.8) is 0 Å².